The Bertz CT molecular complexity index is 805. The van der Waals surface area contributed by atoms with E-state index in [1.54, 1.807) is 20.4 Å². The Morgan fingerprint density at radius 3 is 2.44 bits per heavy atom. The van der Waals surface area contributed by atoms with Crippen LogP contribution in [-0.4, -0.2) is 38.6 Å². The van der Waals surface area contributed by atoms with Gasteiger partial charge in [0.15, 0.2) is 5.11 Å². The van der Waals surface area contributed by atoms with Crippen LogP contribution >= 0.6 is 12.2 Å². The Morgan fingerprint density at radius 2 is 1.78 bits per heavy atom. The van der Waals surface area contributed by atoms with Crippen LogP contribution in [0.25, 0.3) is 0 Å². The Kier molecular flexibility index (Phi) is 6.49. The summed E-state index contributed by atoms with van der Waals surface area (Å²) in [7, 11) is 3.33. The van der Waals surface area contributed by atoms with Crippen LogP contribution in [0.5, 0.6) is 11.5 Å². The van der Waals surface area contributed by atoms with Crippen molar-refractivity contribution in [3.8, 4) is 11.5 Å². The van der Waals surface area contributed by atoms with Crippen molar-refractivity contribution in [3.63, 3.8) is 0 Å². The number of rotatable bonds is 6. The van der Waals surface area contributed by atoms with E-state index in [4.69, 9.17) is 21.7 Å². The molecule has 0 saturated carbocycles. The van der Waals surface area contributed by atoms with Gasteiger partial charge in [0.05, 0.1) is 26.1 Å². The van der Waals surface area contributed by atoms with Crippen molar-refractivity contribution in [1.82, 2.24) is 5.43 Å². The molecule has 0 amide bonds. The number of nitrogens with one attached hydrogen (secondary N) is 2. The molecule has 142 valence electrons. The second-order valence-corrected chi connectivity index (χ2v) is 6.56. The molecule has 0 bridgehead atoms. The summed E-state index contributed by atoms with van der Waals surface area (Å²) in [6.45, 7) is 2.07. The standard InChI is InChI=1S/C20H24N4O2S/c1-25-18-13-17(24-10-6-7-11-24)19(26-2)12-15(18)14-21-23-20(27)22-16-8-4-3-5-9-16/h3-5,8-9,12-14H,6-7,10-11H2,1-2H3,(H2,22,23,27)/b21-14+. The number of para-hydroxylation sites is 1. The zero-order valence-electron chi connectivity index (χ0n) is 15.6. The highest BCUT2D eigenvalue weighted by Crippen LogP contribution is 2.36. The second kappa shape index (κ2) is 9.23. The van der Waals surface area contributed by atoms with Crippen molar-refractivity contribution in [2.75, 3.05) is 37.5 Å². The average Bonchev–Trinajstić information content (AvgIpc) is 3.23. The maximum Gasteiger partial charge on any atom is 0.191 e. The maximum atomic E-state index is 5.59. The van der Waals surface area contributed by atoms with E-state index in [1.165, 1.54) is 12.8 Å². The molecule has 0 spiro atoms. The fourth-order valence-electron chi connectivity index (χ4n) is 3.05. The number of hydrogen-bond acceptors (Lipinski definition) is 5. The number of ether oxygens (including phenoxy) is 2. The summed E-state index contributed by atoms with van der Waals surface area (Å²) in [6.07, 6.45) is 4.07. The number of benzene rings is 2. The van der Waals surface area contributed by atoms with Crippen LogP contribution in [0.2, 0.25) is 0 Å². The summed E-state index contributed by atoms with van der Waals surface area (Å²) in [6, 6.07) is 13.6. The van der Waals surface area contributed by atoms with E-state index >= 15 is 0 Å². The lowest BCUT2D eigenvalue weighted by molar-refractivity contribution is 0.402. The second-order valence-electron chi connectivity index (χ2n) is 6.15. The zero-order chi connectivity index (χ0) is 19.1. The monoisotopic (exact) mass is 384 g/mol. The maximum absolute atomic E-state index is 5.59. The van der Waals surface area contributed by atoms with E-state index < -0.39 is 0 Å². The zero-order valence-corrected chi connectivity index (χ0v) is 16.4. The molecule has 1 aliphatic heterocycles. The fraction of sp³-hybridized carbons (Fsp3) is 0.300. The third kappa shape index (κ3) is 4.89. The smallest absolute Gasteiger partial charge is 0.191 e. The minimum absolute atomic E-state index is 0.414. The molecule has 2 N–H and O–H groups in total. The van der Waals surface area contributed by atoms with Crippen molar-refractivity contribution in [1.29, 1.82) is 0 Å². The highest BCUT2D eigenvalue weighted by atomic mass is 32.1. The first-order chi connectivity index (χ1) is 13.2. The molecule has 2 aromatic carbocycles. The minimum atomic E-state index is 0.414. The van der Waals surface area contributed by atoms with Crippen molar-refractivity contribution in [3.05, 3.63) is 48.0 Å². The number of nitrogens with zero attached hydrogens (tertiary/aromatic N) is 2. The molecule has 1 fully saturated rings. The molecular formula is C20H24N4O2S. The van der Waals surface area contributed by atoms with E-state index in [0.29, 0.717) is 5.11 Å². The Morgan fingerprint density at radius 1 is 1.07 bits per heavy atom. The number of anilines is 2. The summed E-state index contributed by atoms with van der Waals surface area (Å²) in [5.41, 5.74) is 5.59. The van der Waals surface area contributed by atoms with E-state index in [9.17, 15) is 0 Å². The molecule has 1 heterocycles. The molecule has 27 heavy (non-hydrogen) atoms. The number of methoxy groups -OCH3 is 2. The van der Waals surface area contributed by atoms with Crippen LogP contribution in [0.3, 0.4) is 0 Å². The first kappa shape index (κ1) is 19.0. The topological polar surface area (TPSA) is 58.1 Å². The largest absolute Gasteiger partial charge is 0.496 e. The normalized spacial score (nSPS) is 13.6. The Hall–Kier alpha value is -2.80. The van der Waals surface area contributed by atoms with Gasteiger partial charge in [-0.25, -0.2) is 0 Å². The van der Waals surface area contributed by atoms with E-state index in [1.807, 2.05) is 42.5 Å². The van der Waals surface area contributed by atoms with Gasteiger partial charge >= 0.3 is 0 Å². The Labute approximate surface area is 165 Å². The van der Waals surface area contributed by atoms with Gasteiger partial charge in [-0.3, -0.25) is 5.43 Å². The van der Waals surface area contributed by atoms with E-state index in [-0.39, 0.29) is 0 Å². The van der Waals surface area contributed by atoms with Gasteiger partial charge < -0.3 is 19.7 Å². The van der Waals surface area contributed by atoms with Gasteiger partial charge in [0.25, 0.3) is 0 Å². The molecule has 6 nitrogen and oxygen atoms in total. The van der Waals surface area contributed by atoms with Gasteiger partial charge in [-0.05, 0) is 43.3 Å². The first-order valence-electron chi connectivity index (χ1n) is 8.87. The van der Waals surface area contributed by atoms with Crippen LogP contribution in [0.1, 0.15) is 18.4 Å². The first-order valence-corrected chi connectivity index (χ1v) is 9.28. The lowest BCUT2D eigenvalue weighted by Crippen LogP contribution is -2.23. The number of hydrazone groups is 1. The predicted molar refractivity (Wildman–Crippen MR) is 114 cm³/mol. The molecule has 0 unspecified atom stereocenters. The predicted octanol–water partition coefficient (Wildman–Crippen LogP) is 3.62. The Balaban J connectivity index is 1.71. The van der Waals surface area contributed by atoms with Crippen LogP contribution in [0, 0.1) is 0 Å². The summed E-state index contributed by atoms with van der Waals surface area (Å²) in [4.78, 5) is 2.32. The highest BCUT2D eigenvalue weighted by molar-refractivity contribution is 7.80. The van der Waals surface area contributed by atoms with Gasteiger partial charge in [0, 0.05) is 30.4 Å². The molecule has 2 aromatic rings. The fourth-order valence-corrected chi connectivity index (χ4v) is 3.22. The summed E-state index contributed by atoms with van der Waals surface area (Å²) >= 11 is 5.26. The quantitative estimate of drug-likeness (QED) is 0.451. The SMILES string of the molecule is COc1cc(N2CCCC2)c(OC)cc1/C=N/NC(=S)Nc1ccccc1. The third-order valence-electron chi connectivity index (χ3n) is 4.38. The van der Waals surface area contributed by atoms with Crippen molar-refractivity contribution in [2.45, 2.75) is 12.8 Å². The molecule has 1 aliphatic rings. The molecule has 0 aromatic heterocycles. The molecule has 3 rings (SSSR count). The molecule has 0 radical (unpaired) electrons. The highest BCUT2D eigenvalue weighted by Gasteiger charge is 2.19. The third-order valence-corrected chi connectivity index (χ3v) is 4.57. The molecule has 0 aliphatic carbocycles. The van der Waals surface area contributed by atoms with E-state index in [2.05, 4.69) is 20.7 Å². The van der Waals surface area contributed by atoms with Crippen molar-refractivity contribution >= 4 is 34.9 Å². The average molecular weight is 385 g/mol. The van der Waals surface area contributed by atoms with Crippen molar-refractivity contribution in [2.24, 2.45) is 5.10 Å². The molecule has 7 heteroatoms. The van der Waals surface area contributed by atoms with Crippen molar-refractivity contribution < 1.29 is 9.47 Å². The summed E-state index contributed by atoms with van der Waals surface area (Å²) in [5.74, 6) is 1.55. The van der Waals surface area contributed by atoms with Gasteiger partial charge in [0.2, 0.25) is 0 Å². The van der Waals surface area contributed by atoms with Crippen LogP contribution in [0.4, 0.5) is 11.4 Å². The van der Waals surface area contributed by atoms with Gasteiger partial charge in [-0.2, -0.15) is 5.10 Å². The van der Waals surface area contributed by atoms with Gasteiger partial charge in [-0.1, -0.05) is 18.2 Å². The summed E-state index contributed by atoms with van der Waals surface area (Å²) in [5, 5.41) is 7.70. The molecule has 0 atom stereocenters. The summed E-state index contributed by atoms with van der Waals surface area (Å²) < 4.78 is 11.1. The van der Waals surface area contributed by atoms with Crippen LogP contribution < -0.4 is 25.1 Å². The number of thiocarbonyl (C=S) groups is 1. The van der Waals surface area contributed by atoms with Crippen LogP contribution in [-0.2, 0) is 0 Å². The van der Waals surface area contributed by atoms with Gasteiger partial charge in [0.1, 0.15) is 11.5 Å². The lowest BCUT2D eigenvalue weighted by Gasteiger charge is -2.22. The lowest BCUT2D eigenvalue weighted by atomic mass is 10.1. The molecular weight excluding hydrogens is 360 g/mol. The minimum Gasteiger partial charge on any atom is -0.496 e. The molecule has 1 saturated heterocycles. The van der Waals surface area contributed by atoms with Gasteiger partial charge in [-0.15, -0.1) is 0 Å². The van der Waals surface area contributed by atoms with Crippen LogP contribution in [0.15, 0.2) is 47.6 Å². The number of hydrogen-bond donors (Lipinski definition) is 2. The van der Waals surface area contributed by atoms with E-state index in [0.717, 1.165) is 41.5 Å².